The molecule has 3 rings (SSSR count). The molecule has 0 bridgehead atoms. The van der Waals surface area contributed by atoms with Crippen LogP contribution in [0.3, 0.4) is 0 Å². The summed E-state index contributed by atoms with van der Waals surface area (Å²) in [5.74, 6) is 0.330. The Labute approximate surface area is 196 Å². The van der Waals surface area contributed by atoms with Gasteiger partial charge in [-0.1, -0.05) is 12.1 Å². The maximum Gasteiger partial charge on any atom is 0.410 e. The monoisotopic (exact) mass is 472 g/mol. The minimum atomic E-state index is -0.627. The fraction of sp³-hybridized carbons (Fsp3) is 0.348. The molecule has 0 saturated carbocycles. The molecule has 1 aliphatic rings. The molecule has 0 spiro atoms. The molecule has 9 nitrogen and oxygen atoms in total. The Morgan fingerprint density at radius 3 is 2.18 bits per heavy atom. The number of amides is 1. The lowest BCUT2D eigenvalue weighted by Gasteiger charge is -2.24. The molecule has 2 aromatic rings. The van der Waals surface area contributed by atoms with E-state index in [0.717, 1.165) is 11.3 Å². The number of benzene rings is 2. The number of thiocarbonyl (C=S) groups is 1. The first-order chi connectivity index (χ1) is 15.8. The zero-order valence-electron chi connectivity index (χ0n) is 18.3. The number of likely N-dealkylation sites (tertiary alicyclic amines) is 1. The van der Waals surface area contributed by atoms with Crippen molar-refractivity contribution in [1.82, 2.24) is 4.90 Å². The number of carbonyl (C=O) groups is 2. The van der Waals surface area contributed by atoms with Gasteiger partial charge in [-0.25, -0.2) is 4.79 Å². The first-order valence-corrected chi connectivity index (χ1v) is 10.7. The van der Waals surface area contributed by atoms with Gasteiger partial charge >= 0.3 is 6.09 Å². The van der Waals surface area contributed by atoms with Crippen molar-refractivity contribution in [2.24, 2.45) is 5.92 Å². The quantitative estimate of drug-likeness (QED) is 0.321. The van der Waals surface area contributed by atoms with Gasteiger partial charge in [0.15, 0.2) is 5.05 Å². The molecule has 1 aliphatic heterocycles. The molecular weight excluding hydrogens is 448 g/mol. The average molecular weight is 473 g/mol. The van der Waals surface area contributed by atoms with Gasteiger partial charge < -0.3 is 14.2 Å². The number of ketones is 1. The molecule has 0 unspecified atom stereocenters. The smallest absolute Gasteiger partial charge is 0.410 e. The number of non-ortho nitro benzene ring substituents is 1. The molecule has 2 atom stereocenters. The lowest BCUT2D eigenvalue weighted by atomic mass is 10.0. The molecule has 0 aliphatic carbocycles. The van der Waals surface area contributed by atoms with Crippen LogP contribution in [-0.2, 0) is 27.5 Å². The third-order valence-electron chi connectivity index (χ3n) is 5.43. The van der Waals surface area contributed by atoms with E-state index >= 15 is 0 Å². The molecular formula is C23H24N2O7S. The van der Waals surface area contributed by atoms with Crippen molar-refractivity contribution in [1.29, 1.82) is 0 Å². The highest BCUT2D eigenvalue weighted by atomic mass is 32.1. The number of nitrogens with zero attached hydrogens (tertiary/aromatic N) is 2. The van der Waals surface area contributed by atoms with E-state index in [4.69, 9.17) is 26.4 Å². The summed E-state index contributed by atoms with van der Waals surface area (Å²) in [4.78, 5) is 36.4. The predicted octanol–water partition coefficient (Wildman–Crippen LogP) is 4.06. The molecule has 0 radical (unpaired) electrons. The fourth-order valence-electron chi connectivity index (χ4n) is 3.47. The van der Waals surface area contributed by atoms with Gasteiger partial charge in [-0.05, 0) is 61.0 Å². The number of carbonyl (C=O) groups excluding carboxylic acids is 2. The summed E-state index contributed by atoms with van der Waals surface area (Å²) >= 11 is 5.44. The van der Waals surface area contributed by atoms with Crippen molar-refractivity contribution in [3.63, 3.8) is 0 Å². The van der Waals surface area contributed by atoms with Gasteiger partial charge in [0.25, 0.3) is 5.69 Å². The number of nitro groups is 1. The molecule has 0 aromatic heterocycles. The average Bonchev–Trinajstić information content (AvgIpc) is 3.28. The lowest BCUT2D eigenvalue weighted by molar-refractivity contribution is -0.384. The van der Waals surface area contributed by atoms with Gasteiger partial charge in [-0.3, -0.25) is 19.8 Å². The SMILES string of the molecule is COc1ccc(COC(=S)[C@@H]2C[C@H](C(C)=O)CN2C(=O)OCc2ccc([N+](=O)[O-])cc2)cc1. The van der Waals surface area contributed by atoms with Crippen molar-refractivity contribution in [2.75, 3.05) is 13.7 Å². The molecule has 0 N–H and O–H groups in total. The Balaban J connectivity index is 1.62. The number of rotatable bonds is 8. The fourth-order valence-corrected chi connectivity index (χ4v) is 3.75. The van der Waals surface area contributed by atoms with Crippen LogP contribution in [0, 0.1) is 16.0 Å². The molecule has 1 heterocycles. The van der Waals surface area contributed by atoms with Crippen molar-refractivity contribution in [3.05, 3.63) is 69.8 Å². The minimum absolute atomic E-state index is 0.0383. The molecule has 2 aromatic carbocycles. The van der Waals surface area contributed by atoms with Crippen molar-refractivity contribution < 1.29 is 28.7 Å². The van der Waals surface area contributed by atoms with Gasteiger partial charge in [-0.2, -0.15) is 0 Å². The van der Waals surface area contributed by atoms with Crippen molar-refractivity contribution in [3.8, 4) is 5.75 Å². The van der Waals surface area contributed by atoms with Crippen LogP contribution in [0.5, 0.6) is 5.75 Å². The molecule has 1 amide bonds. The van der Waals surface area contributed by atoms with E-state index in [1.807, 2.05) is 24.3 Å². The Bertz CT molecular complexity index is 1020. The highest BCUT2D eigenvalue weighted by Crippen LogP contribution is 2.27. The maximum absolute atomic E-state index is 12.8. The number of nitro benzene ring substituents is 1. The van der Waals surface area contributed by atoms with E-state index in [2.05, 4.69) is 0 Å². The van der Waals surface area contributed by atoms with Crippen LogP contribution < -0.4 is 4.74 Å². The van der Waals surface area contributed by atoms with Crippen LogP contribution in [0.2, 0.25) is 0 Å². The standard InChI is InChI=1S/C23H24N2O7S/c1-15(26)18-11-21(22(33)31-13-17-5-9-20(30-2)10-6-17)24(12-18)23(27)32-14-16-3-7-19(8-4-16)25(28)29/h3-10,18,21H,11-14H2,1-2H3/t18-,21-/m0/s1. The topological polar surface area (TPSA) is 108 Å². The summed E-state index contributed by atoms with van der Waals surface area (Å²) in [6.45, 7) is 1.82. The predicted molar refractivity (Wildman–Crippen MR) is 123 cm³/mol. The third kappa shape index (κ3) is 6.26. The van der Waals surface area contributed by atoms with Crippen molar-refractivity contribution in [2.45, 2.75) is 32.6 Å². The second-order valence-electron chi connectivity index (χ2n) is 7.65. The Hall–Kier alpha value is -3.53. The highest BCUT2D eigenvalue weighted by molar-refractivity contribution is 7.80. The van der Waals surface area contributed by atoms with Gasteiger partial charge in [0.1, 0.15) is 30.8 Å². The normalized spacial score (nSPS) is 17.3. The number of hydrogen-bond donors (Lipinski definition) is 0. The third-order valence-corrected chi connectivity index (χ3v) is 5.82. The van der Waals surface area contributed by atoms with Crippen LogP contribution in [0.1, 0.15) is 24.5 Å². The first-order valence-electron chi connectivity index (χ1n) is 10.2. The molecule has 33 heavy (non-hydrogen) atoms. The first kappa shape index (κ1) is 24.1. The highest BCUT2D eigenvalue weighted by Gasteiger charge is 2.41. The molecule has 174 valence electrons. The van der Waals surface area contributed by atoms with Crippen LogP contribution >= 0.6 is 12.2 Å². The van der Waals surface area contributed by atoms with E-state index in [1.165, 1.54) is 36.1 Å². The number of methoxy groups -OCH3 is 1. The number of hydrogen-bond acceptors (Lipinski definition) is 8. The number of Topliss-reactive ketones (excluding diaryl/α,β-unsaturated/α-hetero) is 1. The molecule has 1 fully saturated rings. The van der Waals surface area contributed by atoms with E-state index in [9.17, 15) is 19.7 Å². The van der Waals surface area contributed by atoms with Crippen molar-refractivity contribution >= 4 is 34.8 Å². The summed E-state index contributed by atoms with van der Waals surface area (Å²) < 4.78 is 16.3. The van der Waals surface area contributed by atoms with E-state index in [-0.39, 0.29) is 42.2 Å². The van der Waals surface area contributed by atoms with Gasteiger partial charge in [0.2, 0.25) is 0 Å². The van der Waals surface area contributed by atoms with Crippen LogP contribution in [0.25, 0.3) is 0 Å². The number of ether oxygens (including phenoxy) is 3. The van der Waals surface area contributed by atoms with Gasteiger partial charge in [0.05, 0.1) is 12.0 Å². The zero-order valence-corrected chi connectivity index (χ0v) is 19.1. The molecule has 1 saturated heterocycles. The van der Waals surface area contributed by atoms with E-state index in [0.29, 0.717) is 12.0 Å². The second-order valence-corrected chi connectivity index (χ2v) is 8.05. The molecule has 10 heteroatoms. The largest absolute Gasteiger partial charge is 0.497 e. The van der Waals surface area contributed by atoms with E-state index in [1.54, 1.807) is 7.11 Å². The van der Waals surface area contributed by atoms with Gasteiger partial charge in [0, 0.05) is 24.6 Å². The summed E-state index contributed by atoms with van der Waals surface area (Å²) in [6, 6.07) is 12.5. The minimum Gasteiger partial charge on any atom is -0.497 e. The Morgan fingerprint density at radius 1 is 1.06 bits per heavy atom. The Kier molecular flexibility index (Phi) is 7.94. The van der Waals surface area contributed by atoms with Crippen LogP contribution in [0.4, 0.5) is 10.5 Å². The van der Waals surface area contributed by atoms with E-state index < -0.39 is 17.1 Å². The summed E-state index contributed by atoms with van der Waals surface area (Å²) in [5.41, 5.74) is 1.44. The van der Waals surface area contributed by atoms with Gasteiger partial charge in [-0.15, -0.1) is 0 Å². The summed E-state index contributed by atoms with van der Waals surface area (Å²) in [7, 11) is 1.58. The summed E-state index contributed by atoms with van der Waals surface area (Å²) in [5, 5.41) is 11.0. The summed E-state index contributed by atoms with van der Waals surface area (Å²) in [6.07, 6.45) is -0.263. The second kappa shape index (κ2) is 10.9. The lowest BCUT2D eigenvalue weighted by Crippen LogP contribution is -2.41. The zero-order chi connectivity index (χ0) is 24.0. The van der Waals surface area contributed by atoms with Crippen LogP contribution in [-0.4, -0.2) is 46.4 Å². The van der Waals surface area contributed by atoms with Crippen LogP contribution in [0.15, 0.2) is 48.5 Å². The Morgan fingerprint density at radius 2 is 1.64 bits per heavy atom. The maximum atomic E-state index is 12.8.